The van der Waals surface area contributed by atoms with Gasteiger partial charge in [0.05, 0.1) is 6.61 Å². The monoisotopic (exact) mass is 228 g/mol. The summed E-state index contributed by atoms with van der Waals surface area (Å²) in [5, 5.41) is 0.307. The molecule has 0 amide bonds. The molecule has 1 nitrogen and oxygen atoms in total. The number of hydrogen-bond acceptors (Lipinski definition) is 1. The van der Waals surface area contributed by atoms with Gasteiger partial charge in [0.1, 0.15) is 0 Å². The molecule has 0 bridgehead atoms. The van der Waals surface area contributed by atoms with E-state index in [1.807, 2.05) is 0 Å². The highest BCUT2D eigenvalue weighted by molar-refractivity contribution is 6.21. The maximum atomic E-state index is 6.42. The van der Waals surface area contributed by atoms with Crippen molar-refractivity contribution in [3.05, 3.63) is 11.1 Å². The Morgan fingerprint density at radius 3 is 2.47 bits per heavy atom. The van der Waals surface area contributed by atoms with Crippen LogP contribution in [-0.2, 0) is 4.74 Å². The molecule has 2 unspecified atom stereocenters. The van der Waals surface area contributed by atoms with Gasteiger partial charge in [0.25, 0.3) is 0 Å². The summed E-state index contributed by atoms with van der Waals surface area (Å²) in [5.41, 5.74) is 3.39. The van der Waals surface area contributed by atoms with Gasteiger partial charge in [0.15, 0.2) is 0 Å². The molecule has 2 aliphatic rings. The first-order chi connectivity index (χ1) is 7.31. The van der Waals surface area contributed by atoms with E-state index in [0.29, 0.717) is 11.3 Å². The average molecular weight is 229 g/mol. The fourth-order valence-electron chi connectivity index (χ4n) is 2.92. The molecule has 2 aliphatic carbocycles. The minimum atomic E-state index is 0.307. The van der Waals surface area contributed by atoms with Crippen molar-refractivity contribution in [1.29, 1.82) is 0 Å². The van der Waals surface area contributed by atoms with Crippen LogP contribution in [0.25, 0.3) is 0 Å². The van der Waals surface area contributed by atoms with Gasteiger partial charge in [-0.3, -0.25) is 0 Å². The quantitative estimate of drug-likeness (QED) is 0.514. The van der Waals surface area contributed by atoms with Gasteiger partial charge in [-0.15, -0.1) is 11.6 Å². The van der Waals surface area contributed by atoms with E-state index >= 15 is 0 Å². The van der Waals surface area contributed by atoms with Gasteiger partial charge in [-0.05, 0) is 38.5 Å². The first kappa shape index (κ1) is 11.5. The van der Waals surface area contributed by atoms with E-state index in [2.05, 4.69) is 0 Å². The van der Waals surface area contributed by atoms with Gasteiger partial charge in [-0.25, -0.2) is 0 Å². The third-order valence-electron chi connectivity index (χ3n) is 3.80. The topological polar surface area (TPSA) is 9.23 Å². The van der Waals surface area contributed by atoms with Crippen LogP contribution < -0.4 is 0 Å². The molecular formula is C13H21ClO. The molecule has 0 spiro atoms. The zero-order valence-corrected chi connectivity index (χ0v) is 10.4. The lowest BCUT2D eigenvalue weighted by Gasteiger charge is -2.30. The summed E-state index contributed by atoms with van der Waals surface area (Å²) in [7, 11) is 1.78. The summed E-state index contributed by atoms with van der Waals surface area (Å²) in [6.45, 7) is 0.824. The van der Waals surface area contributed by atoms with Crippen molar-refractivity contribution in [2.45, 2.75) is 50.3 Å². The smallest absolute Gasteiger partial charge is 0.0507 e. The van der Waals surface area contributed by atoms with Gasteiger partial charge in [-0.1, -0.05) is 17.6 Å². The molecule has 86 valence electrons. The van der Waals surface area contributed by atoms with Gasteiger partial charge < -0.3 is 4.74 Å². The lowest BCUT2D eigenvalue weighted by atomic mass is 9.82. The Labute approximate surface area is 97.8 Å². The summed E-state index contributed by atoms with van der Waals surface area (Å²) < 4.78 is 5.26. The van der Waals surface area contributed by atoms with E-state index < -0.39 is 0 Å². The molecule has 2 heteroatoms. The van der Waals surface area contributed by atoms with Crippen molar-refractivity contribution in [2.24, 2.45) is 5.92 Å². The van der Waals surface area contributed by atoms with Crippen molar-refractivity contribution in [1.82, 2.24) is 0 Å². The van der Waals surface area contributed by atoms with Crippen LogP contribution in [-0.4, -0.2) is 19.1 Å². The van der Waals surface area contributed by atoms with E-state index in [4.69, 9.17) is 16.3 Å². The molecule has 0 saturated heterocycles. The van der Waals surface area contributed by atoms with Gasteiger partial charge in [0.2, 0.25) is 0 Å². The Kier molecular flexibility index (Phi) is 4.10. The van der Waals surface area contributed by atoms with Crippen molar-refractivity contribution >= 4 is 11.6 Å². The van der Waals surface area contributed by atoms with Crippen LogP contribution in [0.5, 0.6) is 0 Å². The number of methoxy groups -OCH3 is 1. The number of alkyl halides is 1. The van der Waals surface area contributed by atoms with Crippen molar-refractivity contribution < 1.29 is 4.74 Å². The normalized spacial score (nSPS) is 32.4. The lowest BCUT2D eigenvalue weighted by molar-refractivity contribution is 0.146. The summed E-state index contributed by atoms with van der Waals surface area (Å²) >= 11 is 6.42. The summed E-state index contributed by atoms with van der Waals surface area (Å²) in [4.78, 5) is 0. The molecule has 0 saturated carbocycles. The summed E-state index contributed by atoms with van der Waals surface area (Å²) in [6.07, 6.45) is 9.08. The molecule has 0 aromatic heterocycles. The zero-order valence-electron chi connectivity index (χ0n) is 9.60. The SMILES string of the molecule is COCC1CC2=C(CCCCC2)CC1Cl. The molecule has 0 radical (unpaired) electrons. The highest BCUT2D eigenvalue weighted by atomic mass is 35.5. The third-order valence-corrected chi connectivity index (χ3v) is 4.31. The van der Waals surface area contributed by atoms with Crippen LogP contribution in [0.15, 0.2) is 11.1 Å². The number of hydrogen-bond donors (Lipinski definition) is 0. The second-order valence-corrected chi connectivity index (χ2v) is 5.47. The minimum absolute atomic E-state index is 0.307. The van der Waals surface area contributed by atoms with Crippen LogP contribution in [0.2, 0.25) is 0 Å². The lowest BCUT2D eigenvalue weighted by Crippen LogP contribution is -2.25. The Balaban J connectivity index is 2.06. The second-order valence-electron chi connectivity index (χ2n) is 4.91. The van der Waals surface area contributed by atoms with Gasteiger partial charge >= 0.3 is 0 Å². The largest absolute Gasteiger partial charge is 0.384 e. The molecular weight excluding hydrogens is 208 g/mol. The maximum absolute atomic E-state index is 6.42. The average Bonchev–Trinajstić information content (AvgIpc) is 2.44. The zero-order chi connectivity index (χ0) is 10.7. The number of halogens is 1. The fraction of sp³-hybridized carbons (Fsp3) is 0.846. The molecule has 0 fully saturated rings. The number of allylic oxidation sites excluding steroid dienone is 2. The van der Waals surface area contributed by atoms with E-state index in [-0.39, 0.29) is 0 Å². The molecule has 0 N–H and O–H groups in total. The highest BCUT2D eigenvalue weighted by Crippen LogP contribution is 2.39. The van der Waals surface area contributed by atoms with Crippen molar-refractivity contribution in [3.8, 4) is 0 Å². The van der Waals surface area contributed by atoms with Crippen LogP contribution in [0.1, 0.15) is 44.9 Å². The van der Waals surface area contributed by atoms with Crippen molar-refractivity contribution in [2.75, 3.05) is 13.7 Å². The molecule has 2 atom stereocenters. The standard InChI is InChI=1S/C13H21ClO/c1-15-9-12-7-10-5-3-2-4-6-11(10)8-13(12)14/h12-13H,2-9H2,1H3. The first-order valence-electron chi connectivity index (χ1n) is 6.14. The molecule has 0 aromatic rings. The van der Waals surface area contributed by atoms with Crippen LogP contribution in [0.3, 0.4) is 0 Å². The third kappa shape index (κ3) is 2.76. The molecule has 0 aromatic carbocycles. The molecule has 2 rings (SSSR count). The Bertz CT molecular complexity index is 247. The minimum Gasteiger partial charge on any atom is -0.384 e. The van der Waals surface area contributed by atoms with Crippen molar-refractivity contribution in [3.63, 3.8) is 0 Å². The van der Waals surface area contributed by atoms with E-state index in [1.165, 1.54) is 38.5 Å². The van der Waals surface area contributed by atoms with E-state index in [9.17, 15) is 0 Å². The van der Waals surface area contributed by atoms with E-state index in [1.54, 1.807) is 18.3 Å². The molecule has 15 heavy (non-hydrogen) atoms. The van der Waals surface area contributed by atoms with Gasteiger partial charge in [-0.2, -0.15) is 0 Å². The Hall–Kier alpha value is -0.0100. The summed E-state index contributed by atoms with van der Waals surface area (Å²) in [6, 6.07) is 0. The van der Waals surface area contributed by atoms with Gasteiger partial charge in [0, 0.05) is 18.4 Å². The Morgan fingerprint density at radius 2 is 1.80 bits per heavy atom. The first-order valence-corrected chi connectivity index (χ1v) is 6.57. The maximum Gasteiger partial charge on any atom is 0.0507 e. The molecule has 0 heterocycles. The Morgan fingerprint density at radius 1 is 1.13 bits per heavy atom. The predicted molar refractivity (Wildman–Crippen MR) is 64.4 cm³/mol. The van der Waals surface area contributed by atoms with E-state index in [0.717, 1.165) is 13.0 Å². The molecule has 0 aliphatic heterocycles. The fourth-order valence-corrected chi connectivity index (χ4v) is 3.27. The van der Waals surface area contributed by atoms with Crippen LogP contribution >= 0.6 is 11.6 Å². The predicted octanol–water partition coefficient (Wildman–Crippen LogP) is 3.91. The number of rotatable bonds is 2. The van der Waals surface area contributed by atoms with Crippen LogP contribution in [0.4, 0.5) is 0 Å². The summed E-state index contributed by atoms with van der Waals surface area (Å²) in [5.74, 6) is 0.550. The highest BCUT2D eigenvalue weighted by Gasteiger charge is 2.28. The number of ether oxygens (including phenoxy) is 1. The van der Waals surface area contributed by atoms with Crippen LogP contribution in [0, 0.1) is 5.92 Å². The second kappa shape index (κ2) is 5.36.